The molecule has 2 heterocycles. The van der Waals surface area contributed by atoms with Crippen LogP contribution in [0.2, 0.25) is 5.02 Å². The number of amides is 1. The van der Waals surface area contributed by atoms with Crippen molar-refractivity contribution in [3.8, 4) is 11.1 Å². The second-order valence-electron chi connectivity index (χ2n) is 7.62. The number of halogens is 2. The number of hydrogen-bond donors (Lipinski definition) is 0. The van der Waals surface area contributed by atoms with Crippen LogP contribution in [0, 0.1) is 5.92 Å². The van der Waals surface area contributed by atoms with Gasteiger partial charge in [-0.05, 0) is 72.9 Å². The van der Waals surface area contributed by atoms with E-state index in [1.165, 1.54) is 18.4 Å². The number of rotatable bonds is 4. The maximum atomic E-state index is 12.1. The molecule has 3 nitrogen and oxygen atoms in total. The molecule has 5 heteroatoms. The van der Waals surface area contributed by atoms with E-state index in [4.69, 9.17) is 11.6 Å². The van der Waals surface area contributed by atoms with E-state index in [9.17, 15) is 4.79 Å². The molecule has 0 N–H and O–H groups in total. The van der Waals surface area contributed by atoms with Crippen LogP contribution in [0.25, 0.3) is 11.1 Å². The van der Waals surface area contributed by atoms with Gasteiger partial charge in [-0.25, -0.2) is 0 Å². The van der Waals surface area contributed by atoms with Gasteiger partial charge in [0, 0.05) is 36.4 Å². The lowest BCUT2D eigenvalue weighted by molar-refractivity contribution is -0.130. The second kappa shape index (κ2) is 9.07. The fraction of sp³-hybridized carbons (Fsp3) is 0.455. The molecule has 2 unspecified atom stereocenters. The monoisotopic (exact) mass is 404 g/mol. The zero-order valence-electron chi connectivity index (χ0n) is 15.4. The number of nitrogens with zero attached hydrogens (tertiary/aromatic N) is 2. The van der Waals surface area contributed by atoms with E-state index in [1.54, 1.807) is 12.4 Å². The van der Waals surface area contributed by atoms with Crippen LogP contribution in [0.15, 0.2) is 42.7 Å². The van der Waals surface area contributed by atoms with Crippen molar-refractivity contribution in [2.24, 2.45) is 5.92 Å². The molecule has 1 aromatic carbocycles. The standard InChI is InChI=1S/C22H25ClN2O.ClH/c23-21-15-18(17-8-10-24-11-9-17)6-7-19(21)13-16-3-1-4-20(14-16)25-12-2-5-22(25)26;/h6-11,15-16,20H,1-5,12-14H2;1H. The molecule has 1 amide bonds. The molecule has 0 bridgehead atoms. The molecule has 2 aromatic rings. The molecule has 0 radical (unpaired) electrons. The van der Waals surface area contributed by atoms with Crippen LogP contribution in [0.1, 0.15) is 44.1 Å². The van der Waals surface area contributed by atoms with E-state index in [0.717, 1.165) is 54.8 Å². The molecule has 4 rings (SSSR count). The van der Waals surface area contributed by atoms with Gasteiger partial charge in [-0.15, -0.1) is 12.4 Å². The summed E-state index contributed by atoms with van der Waals surface area (Å²) in [4.78, 5) is 18.3. The average Bonchev–Trinajstić information content (AvgIpc) is 3.10. The zero-order chi connectivity index (χ0) is 17.9. The highest BCUT2D eigenvalue weighted by Gasteiger charge is 2.32. The van der Waals surface area contributed by atoms with E-state index in [1.807, 2.05) is 12.1 Å². The van der Waals surface area contributed by atoms with Gasteiger partial charge in [-0.3, -0.25) is 9.78 Å². The molecular weight excluding hydrogens is 379 g/mol. The highest BCUT2D eigenvalue weighted by molar-refractivity contribution is 6.31. The molecule has 2 aliphatic rings. The van der Waals surface area contributed by atoms with Crippen molar-refractivity contribution in [3.05, 3.63) is 53.3 Å². The maximum absolute atomic E-state index is 12.1. The van der Waals surface area contributed by atoms with Crippen molar-refractivity contribution in [2.45, 2.75) is 51.0 Å². The lowest BCUT2D eigenvalue weighted by atomic mass is 9.81. The topological polar surface area (TPSA) is 33.2 Å². The van der Waals surface area contributed by atoms with Gasteiger partial charge >= 0.3 is 0 Å². The number of aromatic nitrogens is 1. The maximum Gasteiger partial charge on any atom is 0.222 e. The van der Waals surface area contributed by atoms with Gasteiger partial charge in [0.25, 0.3) is 0 Å². The first-order valence-electron chi connectivity index (χ1n) is 9.69. The highest BCUT2D eigenvalue weighted by atomic mass is 35.5. The molecule has 2 atom stereocenters. The van der Waals surface area contributed by atoms with Crippen molar-refractivity contribution in [2.75, 3.05) is 6.54 Å². The Kier molecular flexibility index (Phi) is 6.78. The predicted octanol–water partition coefficient (Wildman–Crippen LogP) is 5.55. The molecule has 2 fully saturated rings. The molecule has 27 heavy (non-hydrogen) atoms. The third kappa shape index (κ3) is 4.64. The zero-order valence-corrected chi connectivity index (χ0v) is 17.0. The van der Waals surface area contributed by atoms with Crippen LogP contribution in [-0.2, 0) is 11.2 Å². The van der Waals surface area contributed by atoms with Crippen LogP contribution in [0.3, 0.4) is 0 Å². The van der Waals surface area contributed by atoms with E-state index < -0.39 is 0 Å². The predicted molar refractivity (Wildman–Crippen MR) is 112 cm³/mol. The van der Waals surface area contributed by atoms with Gasteiger partial charge in [0.15, 0.2) is 0 Å². The van der Waals surface area contributed by atoms with Gasteiger partial charge in [0.05, 0.1) is 0 Å². The van der Waals surface area contributed by atoms with E-state index >= 15 is 0 Å². The van der Waals surface area contributed by atoms with Crippen LogP contribution < -0.4 is 0 Å². The van der Waals surface area contributed by atoms with E-state index in [-0.39, 0.29) is 12.4 Å². The minimum absolute atomic E-state index is 0. The lowest BCUT2D eigenvalue weighted by Gasteiger charge is -2.35. The average molecular weight is 405 g/mol. The molecule has 1 saturated carbocycles. The Bertz CT molecular complexity index is 781. The van der Waals surface area contributed by atoms with Crippen LogP contribution in [0.4, 0.5) is 0 Å². The number of benzene rings is 1. The van der Waals surface area contributed by atoms with Gasteiger partial charge in [-0.2, -0.15) is 0 Å². The summed E-state index contributed by atoms with van der Waals surface area (Å²) in [5, 5.41) is 0.846. The normalized spacial score (nSPS) is 22.6. The first kappa shape index (κ1) is 20.2. The molecule has 0 spiro atoms. The molecule has 1 aliphatic carbocycles. The summed E-state index contributed by atoms with van der Waals surface area (Å²) in [5.74, 6) is 0.974. The Hall–Kier alpha value is -1.58. The van der Waals surface area contributed by atoms with Gasteiger partial charge in [0.1, 0.15) is 0 Å². The van der Waals surface area contributed by atoms with Crippen molar-refractivity contribution >= 4 is 29.9 Å². The van der Waals surface area contributed by atoms with Crippen molar-refractivity contribution in [3.63, 3.8) is 0 Å². The fourth-order valence-electron chi connectivity index (χ4n) is 4.53. The number of pyridine rings is 1. The Morgan fingerprint density at radius 3 is 2.59 bits per heavy atom. The van der Waals surface area contributed by atoms with Gasteiger partial charge in [-0.1, -0.05) is 30.2 Å². The number of carbonyl (C=O) groups excluding carboxylic acids is 1. The minimum atomic E-state index is 0. The first-order chi connectivity index (χ1) is 12.7. The summed E-state index contributed by atoms with van der Waals surface area (Å²) in [5.41, 5.74) is 3.49. The van der Waals surface area contributed by atoms with Gasteiger partial charge < -0.3 is 4.90 Å². The smallest absolute Gasteiger partial charge is 0.222 e. The van der Waals surface area contributed by atoms with Crippen LogP contribution in [0.5, 0.6) is 0 Å². The molecule has 1 aliphatic heterocycles. The van der Waals surface area contributed by atoms with Crippen LogP contribution >= 0.6 is 24.0 Å². The molecular formula is C22H26Cl2N2O. The summed E-state index contributed by atoms with van der Waals surface area (Å²) in [6, 6.07) is 10.8. The van der Waals surface area contributed by atoms with Gasteiger partial charge in [0.2, 0.25) is 5.91 Å². The number of carbonyl (C=O) groups is 1. The molecule has 144 valence electrons. The Morgan fingerprint density at radius 1 is 1.07 bits per heavy atom. The van der Waals surface area contributed by atoms with E-state index in [2.05, 4.69) is 28.1 Å². The third-order valence-electron chi connectivity index (χ3n) is 5.88. The first-order valence-corrected chi connectivity index (χ1v) is 10.1. The summed E-state index contributed by atoms with van der Waals surface area (Å²) in [7, 11) is 0. The number of likely N-dealkylation sites (tertiary alicyclic amines) is 1. The molecule has 1 saturated heterocycles. The summed E-state index contributed by atoms with van der Waals surface area (Å²) in [6.07, 6.45) is 11.1. The van der Waals surface area contributed by atoms with E-state index in [0.29, 0.717) is 17.9 Å². The molecule has 1 aromatic heterocycles. The summed E-state index contributed by atoms with van der Waals surface area (Å²) < 4.78 is 0. The largest absolute Gasteiger partial charge is 0.340 e. The third-order valence-corrected chi connectivity index (χ3v) is 6.23. The summed E-state index contributed by atoms with van der Waals surface area (Å²) in [6.45, 7) is 0.956. The number of hydrogen-bond acceptors (Lipinski definition) is 2. The quantitative estimate of drug-likeness (QED) is 0.669. The second-order valence-corrected chi connectivity index (χ2v) is 8.03. The fourth-order valence-corrected chi connectivity index (χ4v) is 4.79. The Labute approximate surface area is 172 Å². The SMILES string of the molecule is Cl.O=C1CCCN1C1CCCC(Cc2ccc(-c3ccncc3)cc2Cl)C1. The minimum Gasteiger partial charge on any atom is -0.340 e. The van der Waals surface area contributed by atoms with Crippen LogP contribution in [-0.4, -0.2) is 28.4 Å². The summed E-state index contributed by atoms with van der Waals surface area (Å²) >= 11 is 6.61. The Morgan fingerprint density at radius 2 is 1.89 bits per heavy atom. The van der Waals surface area contributed by atoms with Crippen molar-refractivity contribution < 1.29 is 4.79 Å². The highest BCUT2D eigenvalue weighted by Crippen LogP contribution is 2.34. The Balaban J connectivity index is 0.00000210. The van der Waals surface area contributed by atoms with Crippen molar-refractivity contribution in [1.82, 2.24) is 9.88 Å². The van der Waals surface area contributed by atoms with Crippen molar-refractivity contribution in [1.29, 1.82) is 0 Å². The lowest BCUT2D eigenvalue weighted by Crippen LogP contribution is -2.39.